The molecule has 4 nitrogen and oxygen atoms in total. The van der Waals surface area contributed by atoms with Crippen molar-refractivity contribution >= 4 is 0 Å². The fraction of sp³-hybridized carbons (Fsp3) is 0.684. The zero-order valence-electron chi connectivity index (χ0n) is 14.5. The van der Waals surface area contributed by atoms with Crippen LogP contribution in [0.3, 0.4) is 0 Å². The molecule has 1 aromatic rings. The van der Waals surface area contributed by atoms with Gasteiger partial charge in [-0.2, -0.15) is 0 Å². The molecule has 0 radical (unpaired) electrons. The summed E-state index contributed by atoms with van der Waals surface area (Å²) in [5, 5.41) is 13.7. The van der Waals surface area contributed by atoms with Crippen LogP contribution in [0.4, 0.5) is 0 Å². The molecule has 2 heterocycles. The second kappa shape index (κ2) is 7.75. The van der Waals surface area contributed by atoms with Crippen LogP contribution in [-0.2, 0) is 0 Å². The van der Waals surface area contributed by atoms with E-state index < -0.39 is 0 Å². The number of β-amino-alcohol motifs (C(OH)–C–C–N with tert-alkyl or cyclic N) is 1. The van der Waals surface area contributed by atoms with Gasteiger partial charge in [0.15, 0.2) is 0 Å². The van der Waals surface area contributed by atoms with Crippen LogP contribution in [0.5, 0.6) is 0 Å². The highest BCUT2D eigenvalue weighted by molar-refractivity contribution is 5.34. The van der Waals surface area contributed by atoms with Crippen molar-refractivity contribution in [3.05, 3.63) is 35.4 Å². The molecule has 2 saturated heterocycles. The Morgan fingerprint density at radius 2 is 1.87 bits per heavy atom. The number of likely N-dealkylation sites (N-methyl/N-ethyl adjacent to an activating group) is 1. The predicted molar refractivity (Wildman–Crippen MR) is 94.5 cm³/mol. The maximum Gasteiger partial charge on any atom is 0.119 e. The van der Waals surface area contributed by atoms with Gasteiger partial charge in [0.25, 0.3) is 0 Å². The molecule has 128 valence electrons. The van der Waals surface area contributed by atoms with Gasteiger partial charge in [0.1, 0.15) is 6.23 Å². The lowest BCUT2D eigenvalue weighted by Gasteiger charge is -2.35. The number of likely N-dealkylation sites (tertiary alicyclic amines) is 1. The largest absolute Gasteiger partial charge is 0.377 e. The van der Waals surface area contributed by atoms with Crippen molar-refractivity contribution in [1.29, 1.82) is 0 Å². The van der Waals surface area contributed by atoms with E-state index in [1.54, 1.807) is 5.56 Å². The van der Waals surface area contributed by atoms with Crippen LogP contribution < -0.4 is 5.32 Å². The Kier molecular flexibility index (Phi) is 5.70. The first-order valence-corrected chi connectivity index (χ1v) is 9.04. The summed E-state index contributed by atoms with van der Waals surface area (Å²) < 4.78 is 0. The number of hydrogen-bond acceptors (Lipinski definition) is 4. The quantitative estimate of drug-likeness (QED) is 0.817. The highest BCUT2D eigenvalue weighted by Crippen LogP contribution is 2.35. The van der Waals surface area contributed by atoms with Gasteiger partial charge in [-0.3, -0.25) is 9.80 Å². The third kappa shape index (κ3) is 4.13. The maximum atomic E-state index is 10.0. The lowest BCUT2D eigenvalue weighted by atomic mass is 9.84. The molecule has 0 aromatic heterocycles. The number of rotatable bonds is 5. The Balaban J connectivity index is 1.62. The van der Waals surface area contributed by atoms with E-state index in [-0.39, 0.29) is 6.23 Å². The van der Waals surface area contributed by atoms with E-state index in [2.05, 4.69) is 34.5 Å². The lowest BCUT2D eigenvalue weighted by molar-refractivity contribution is 0.00316. The number of piperidine rings is 1. The summed E-state index contributed by atoms with van der Waals surface area (Å²) in [6, 6.07) is 9.59. The summed E-state index contributed by atoms with van der Waals surface area (Å²) in [6.45, 7) is 4.08. The number of nitrogens with zero attached hydrogens (tertiary/aromatic N) is 2. The molecule has 2 fully saturated rings. The van der Waals surface area contributed by atoms with Crippen LogP contribution in [0, 0.1) is 0 Å². The van der Waals surface area contributed by atoms with Gasteiger partial charge in [-0.25, -0.2) is 0 Å². The van der Waals surface area contributed by atoms with Crippen molar-refractivity contribution < 1.29 is 5.11 Å². The predicted octanol–water partition coefficient (Wildman–Crippen LogP) is 2.17. The van der Waals surface area contributed by atoms with Crippen molar-refractivity contribution in [3.63, 3.8) is 0 Å². The summed E-state index contributed by atoms with van der Waals surface area (Å²) in [7, 11) is 3.87. The maximum absolute atomic E-state index is 10.0. The number of aliphatic hydroxyl groups excluding tert-OH is 1. The molecule has 0 aliphatic carbocycles. The number of benzene rings is 1. The number of hydrogen-bond donors (Lipinski definition) is 2. The van der Waals surface area contributed by atoms with Gasteiger partial charge in [0.05, 0.1) is 0 Å². The molecule has 0 spiro atoms. The molecule has 2 unspecified atom stereocenters. The minimum Gasteiger partial charge on any atom is -0.377 e. The van der Waals surface area contributed by atoms with E-state index in [0.717, 1.165) is 26.2 Å². The Hall–Kier alpha value is -0.940. The van der Waals surface area contributed by atoms with E-state index in [1.807, 2.05) is 19.0 Å². The van der Waals surface area contributed by atoms with E-state index in [1.165, 1.54) is 31.2 Å². The highest BCUT2D eigenvalue weighted by Gasteiger charge is 2.26. The normalized spacial score (nSPS) is 25.1. The van der Waals surface area contributed by atoms with Crippen LogP contribution >= 0.6 is 0 Å². The van der Waals surface area contributed by atoms with Gasteiger partial charge in [0.2, 0.25) is 0 Å². The fourth-order valence-corrected chi connectivity index (χ4v) is 3.97. The van der Waals surface area contributed by atoms with Gasteiger partial charge < -0.3 is 10.4 Å². The van der Waals surface area contributed by atoms with Gasteiger partial charge in [-0.15, -0.1) is 0 Å². The third-order valence-corrected chi connectivity index (χ3v) is 5.48. The summed E-state index contributed by atoms with van der Waals surface area (Å²) in [6.07, 6.45) is 4.60. The second-order valence-electron chi connectivity index (χ2n) is 7.30. The Morgan fingerprint density at radius 1 is 1.17 bits per heavy atom. The molecule has 2 N–H and O–H groups in total. The lowest BCUT2D eigenvalue weighted by Crippen LogP contribution is -2.43. The molecule has 0 saturated carbocycles. The fourth-order valence-electron chi connectivity index (χ4n) is 3.97. The standard InChI is InChI=1S/C19H31N3O/c1-21(2)19(23)14-22-12-9-15(10-13-22)16-6-3-4-7-17(16)18-8-5-11-20-18/h3-4,6-7,15,18-20,23H,5,8-14H2,1-2H3. The van der Waals surface area contributed by atoms with Crippen molar-refractivity contribution in [2.75, 3.05) is 40.3 Å². The third-order valence-electron chi connectivity index (χ3n) is 5.48. The van der Waals surface area contributed by atoms with Gasteiger partial charge in [-0.05, 0) is 76.5 Å². The zero-order chi connectivity index (χ0) is 16.2. The Morgan fingerprint density at radius 3 is 2.48 bits per heavy atom. The van der Waals surface area contributed by atoms with Crippen LogP contribution in [-0.4, -0.2) is 61.4 Å². The zero-order valence-corrected chi connectivity index (χ0v) is 14.5. The smallest absolute Gasteiger partial charge is 0.119 e. The van der Waals surface area contributed by atoms with Crippen LogP contribution in [0.25, 0.3) is 0 Å². The molecular weight excluding hydrogens is 286 g/mol. The van der Waals surface area contributed by atoms with Crippen molar-refractivity contribution in [1.82, 2.24) is 15.1 Å². The van der Waals surface area contributed by atoms with E-state index in [9.17, 15) is 5.11 Å². The molecule has 4 heteroatoms. The molecule has 2 aliphatic heterocycles. The average Bonchev–Trinajstić information content (AvgIpc) is 3.10. The monoisotopic (exact) mass is 317 g/mol. The molecule has 2 atom stereocenters. The molecule has 3 rings (SSSR count). The van der Waals surface area contributed by atoms with E-state index >= 15 is 0 Å². The summed E-state index contributed by atoms with van der Waals surface area (Å²) >= 11 is 0. The van der Waals surface area contributed by atoms with Crippen LogP contribution in [0.15, 0.2) is 24.3 Å². The summed E-state index contributed by atoms with van der Waals surface area (Å²) in [4.78, 5) is 4.28. The molecule has 0 bridgehead atoms. The Bertz CT molecular complexity index is 491. The molecule has 23 heavy (non-hydrogen) atoms. The van der Waals surface area contributed by atoms with Crippen molar-refractivity contribution in [2.45, 2.75) is 43.9 Å². The summed E-state index contributed by atoms with van der Waals surface area (Å²) in [5.41, 5.74) is 3.08. The minimum absolute atomic E-state index is 0.360. The van der Waals surface area contributed by atoms with Crippen molar-refractivity contribution in [3.8, 4) is 0 Å². The second-order valence-corrected chi connectivity index (χ2v) is 7.30. The first kappa shape index (κ1) is 16.9. The topological polar surface area (TPSA) is 38.7 Å². The molecular formula is C19H31N3O. The number of aliphatic hydroxyl groups is 1. The van der Waals surface area contributed by atoms with Crippen molar-refractivity contribution in [2.24, 2.45) is 0 Å². The van der Waals surface area contributed by atoms with Gasteiger partial charge in [0, 0.05) is 12.6 Å². The minimum atomic E-state index is -0.360. The summed E-state index contributed by atoms with van der Waals surface area (Å²) in [5.74, 6) is 0.668. The molecule has 0 amide bonds. The highest BCUT2D eigenvalue weighted by atomic mass is 16.3. The molecule has 1 aromatic carbocycles. The average molecular weight is 317 g/mol. The SMILES string of the molecule is CN(C)C(O)CN1CCC(c2ccccc2C2CCCN2)CC1. The van der Waals surface area contributed by atoms with E-state index in [4.69, 9.17) is 0 Å². The first-order valence-electron chi connectivity index (χ1n) is 9.04. The van der Waals surface area contributed by atoms with Crippen LogP contribution in [0.1, 0.15) is 48.8 Å². The van der Waals surface area contributed by atoms with Crippen LogP contribution in [0.2, 0.25) is 0 Å². The first-order chi connectivity index (χ1) is 11.1. The van der Waals surface area contributed by atoms with Gasteiger partial charge >= 0.3 is 0 Å². The van der Waals surface area contributed by atoms with Gasteiger partial charge in [-0.1, -0.05) is 24.3 Å². The molecule has 2 aliphatic rings. The van der Waals surface area contributed by atoms with E-state index in [0.29, 0.717) is 12.0 Å². The Labute approximate surface area is 140 Å². The number of nitrogens with one attached hydrogen (secondary N) is 1.